The molecule has 5 heteroatoms. The lowest BCUT2D eigenvalue weighted by molar-refractivity contribution is 0.0164. The van der Waals surface area contributed by atoms with Gasteiger partial charge in [0.15, 0.2) is 0 Å². The zero-order valence-corrected chi connectivity index (χ0v) is 12.1. The molecular formula is C15H23NO4. The number of ether oxygens (including phenoxy) is 3. The molecule has 2 N–H and O–H groups in total. The summed E-state index contributed by atoms with van der Waals surface area (Å²) >= 11 is 0. The largest absolute Gasteiger partial charge is 0.491 e. The summed E-state index contributed by atoms with van der Waals surface area (Å²) in [5, 5.41) is 13.0. The van der Waals surface area contributed by atoms with Gasteiger partial charge in [0.1, 0.15) is 30.8 Å². The second-order valence-corrected chi connectivity index (χ2v) is 4.75. The van der Waals surface area contributed by atoms with E-state index in [2.05, 4.69) is 12.2 Å². The van der Waals surface area contributed by atoms with E-state index in [9.17, 15) is 5.11 Å². The monoisotopic (exact) mass is 281 g/mol. The van der Waals surface area contributed by atoms with Gasteiger partial charge in [-0.3, -0.25) is 0 Å². The van der Waals surface area contributed by atoms with Crippen LogP contribution in [0.5, 0.6) is 11.5 Å². The average molecular weight is 281 g/mol. The number of hydrogen-bond donors (Lipinski definition) is 2. The molecule has 0 fully saturated rings. The number of nitrogens with one attached hydrogen (secondary N) is 1. The Kier molecular flexibility index (Phi) is 5.64. The predicted octanol–water partition coefficient (Wildman–Crippen LogP) is 1.51. The van der Waals surface area contributed by atoms with Gasteiger partial charge < -0.3 is 24.6 Å². The highest BCUT2D eigenvalue weighted by Gasteiger charge is 2.23. The van der Waals surface area contributed by atoms with Crippen molar-refractivity contribution in [2.45, 2.75) is 26.0 Å². The first kappa shape index (κ1) is 15.1. The van der Waals surface area contributed by atoms with Gasteiger partial charge in [-0.15, -0.1) is 0 Å². The predicted molar refractivity (Wildman–Crippen MR) is 76.3 cm³/mol. The number of aliphatic hydroxyl groups is 1. The summed E-state index contributed by atoms with van der Waals surface area (Å²) < 4.78 is 16.3. The minimum atomic E-state index is -0.612. The maximum Gasteiger partial charge on any atom is 0.127 e. The minimum Gasteiger partial charge on any atom is -0.491 e. The molecule has 0 saturated carbocycles. The highest BCUT2D eigenvalue weighted by molar-refractivity contribution is 5.45. The van der Waals surface area contributed by atoms with Crippen molar-refractivity contribution in [3.63, 3.8) is 0 Å². The third-order valence-electron chi connectivity index (χ3n) is 3.17. The normalized spacial score (nSPS) is 18.4. The smallest absolute Gasteiger partial charge is 0.127 e. The second-order valence-electron chi connectivity index (χ2n) is 4.75. The Morgan fingerprint density at radius 3 is 3.00 bits per heavy atom. The molecular weight excluding hydrogens is 258 g/mol. The van der Waals surface area contributed by atoms with Gasteiger partial charge in [0.25, 0.3) is 0 Å². The molecule has 5 nitrogen and oxygen atoms in total. The quantitative estimate of drug-likeness (QED) is 0.756. The van der Waals surface area contributed by atoms with Crippen molar-refractivity contribution in [2.24, 2.45) is 0 Å². The van der Waals surface area contributed by atoms with Gasteiger partial charge in [0.05, 0.1) is 12.6 Å². The molecule has 1 aromatic rings. The first-order valence-corrected chi connectivity index (χ1v) is 7.13. The number of fused-ring (bicyclic) bond motifs is 1. The van der Waals surface area contributed by atoms with E-state index < -0.39 is 6.10 Å². The van der Waals surface area contributed by atoms with Crippen LogP contribution in [0.25, 0.3) is 0 Å². The molecule has 1 aromatic carbocycles. The van der Waals surface area contributed by atoms with E-state index in [4.69, 9.17) is 14.2 Å². The molecule has 1 aliphatic heterocycles. The summed E-state index contributed by atoms with van der Waals surface area (Å²) in [6.07, 6.45) is -0.612. The molecule has 2 unspecified atom stereocenters. The lowest BCUT2D eigenvalue weighted by Gasteiger charge is -2.13. The molecule has 2 rings (SSSR count). The highest BCUT2D eigenvalue weighted by atomic mass is 16.5. The topological polar surface area (TPSA) is 60.0 Å². The van der Waals surface area contributed by atoms with Gasteiger partial charge in [0, 0.05) is 18.2 Å². The summed E-state index contributed by atoms with van der Waals surface area (Å²) in [6.45, 7) is 6.64. The Bertz CT molecular complexity index is 424. The molecule has 112 valence electrons. The molecule has 0 aliphatic carbocycles. The van der Waals surface area contributed by atoms with Crippen LogP contribution in [0.3, 0.4) is 0 Å². The summed E-state index contributed by atoms with van der Waals surface area (Å²) in [5.41, 5.74) is 1.16. The Balaban J connectivity index is 1.89. The van der Waals surface area contributed by atoms with E-state index in [-0.39, 0.29) is 12.6 Å². The fourth-order valence-corrected chi connectivity index (χ4v) is 2.19. The SMILES string of the molecule is CCNC1COc2cc(OCC(O)COCC)ccc21. The fourth-order valence-electron chi connectivity index (χ4n) is 2.19. The number of hydrogen-bond acceptors (Lipinski definition) is 5. The lowest BCUT2D eigenvalue weighted by Crippen LogP contribution is -2.23. The third-order valence-corrected chi connectivity index (χ3v) is 3.17. The van der Waals surface area contributed by atoms with Crippen LogP contribution in [0, 0.1) is 0 Å². The van der Waals surface area contributed by atoms with E-state index in [1.807, 2.05) is 25.1 Å². The first-order chi connectivity index (χ1) is 9.74. The van der Waals surface area contributed by atoms with Gasteiger partial charge in [-0.2, -0.15) is 0 Å². The maximum absolute atomic E-state index is 9.66. The van der Waals surface area contributed by atoms with Crippen LogP contribution in [0.15, 0.2) is 18.2 Å². The molecule has 0 spiro atoms. The van der Waals surface area contributed by atoms with Gasteiger partial charge >= 0.3 is 0 Å². The van der Waals surface area contributed by atoms with Crippen molar-refractivity contribution in [1.29, 1.82) is 0 Å². The molecule has 0 radical (unpaired) electrons. The highest BCUT2D eigenvalue weighted by Crippen LogP contribution is 2.35. The summed E-state index contributed by atoms with van der Waals surface area (Å²) in [6, 6.07) is 6.05. The van der Waals surface area contributed by atoms with Crippen LogP contribution in [-0.4, -0.2) is 44.2 Å². The minimum absolute atomic E-state index is 0.218. The van der Waals surface area contributed by atoms with E-state index in [1.54, 1.807) is 0 Å². The molecule has 1 heterocycles. The fraction of sp³-hybridized carbons (Fsp3) is 0.600. The van der Waals surface area contributed by atoms with Gasteiger partial charge in [-0.1, -0.05) is 6.92 Å². The average Bonchev–Trinajstić information content (AvgIpc) is 2.86. The van der Waals surface area contributed by atoms with Gasteiger partial charge in [-0.05, 0) is 25.6 Å². The molecule has 0 aromatic heterocycles. The van der Waals surface area contributed by atoms with E-state index >= 15 is 0 Å². The van der Waals surface area contributed by atoms with E-state index in [0.717, 1.165) is 17.9 Å². The van der Waals surface area contributed by atoms with Crippen molar-refractivity contribution >= 4 is 0 Å². The third kappa shape index (κ3) is 3.85. The Labute approximate surface area is 119 Å². The lowest BCUT2D eigenvalue weighted by atomic mass is 10.1. The zero-order valence-electron chi connectivity index (χ0n) is 12.1. The zero-order chi connectivity index (χ0) is 14.4. The van der Waals surface area contributed by atoms with Crippen LogP contribution in [0.1, 0.15) is 25.5 Å². The number of aliphatic hydroxyl groups excluding tert-OH is 1. The van der Waals surface area contributed by atoms with Gasteiger partial charge in [-0.25, -0.2) is 0 Å². The molecule has 0 saturated heterocycles. The molecule has 0 bridgehead atoms. The van der Waals surface area contributed by atoms with E-state index in [1.165, 1.54) is 0 Å². The van der Waals surface area contributed by atoms with Crippen LogP contribution in [0.4, 0.5) is 0 Å². The maximum atomic E-state index is 9.66. The Morgan fingerprint density at radius 2 is 2.25 bits per heavy atom. The molecule has 2 atom stereocenters. The Morgan fingerprint density at radius 1 is 1.40 bits per heavy atom. The number of likely N-dealkylation sites (N-methyl/N-ethyl adjacent to an activating group) is 1. The molecule has 1 aliphatic rings. The number of rotatable bonds is 8. The molecule has 20 heavy (non-hydrogen) atoms. The first-order valence-electron chi connectivity index (χ1n) is 7.13. The van der Waals surface area contributed by atoms with Crippen molar-refractivity contribution in [2.75, 3.05) is 33.0 Å². The summed E-state index contributed by atoms with van der Waals surface area (Å²) in [4.78, 5) is 0. The Hall–Kier alpha value is -1.30. The van der Waals surface area contributed by atoms with E-state index in [0.29, 0.717) is 25.6 Å². The van der Waals surface area contributed by atoms with Crippen molar-refractivity contribution in [3.05, 3.63) is 23.8 Å². The number of benzene rings is 1. The summed E-state index contributed by atoms with van der Waals surface area (Å²) in [7, 11) is 0. The van der Waals surface area contributed by atoms with Crippen LogP contribution >= 0.6 is 0 Å². The van der Waals surface area contributed by atoms with Crippen molar-refractivity contribution in [3.8, 4) is 11.5 Å². The van der Waals surface area contributed by atoms with Crippen molar-refractivity contribution < 1.29 is 19.3 Å². The van der Waals surface area contributed by atoms with Crippen LogP contribution in [-0.2, 0) is 4.74 Å². The standard InChI is InChI=1S/C15H23NO4/c1-3-16-14-10-20-15-7-12(5-6-13(14)15)19-9-11(17)8-18-4-2/h5-7,11,14,16-17H,3-4,8-10H2,1-2H3. The van der Waals surface area contributed by atoms with Crippen LogP contribution < -0.4 is 14.8 Å². The van der Waals surface area contributed by atoms with Gasteiger partial charge in [0.2, 0.25) is 0 Å². The molecule has 0 amide bonds. The summed E-state index contributed by atoms with van der Waals surface area (Å²) in [5.74, 6) is 1.56. The van der Waals surface area contributed by atoms with Crippen LogP contribution in [0.2, 0.25) is 0 Å². The second kappa shape index (κ2) is 7.47. The van der Waals surface area contributed by atoms with Crippen molar-refractivity contribution in [1.82, 2.24) is 5.32 Å².